The summed E-state index contributed by atoms with van der Waals surface area (Å²) < 4.78 is 11.2. The zero-order valence-electron chi connectivity index (χ0n) is 9.66. The van der Waals surface area contributed by atoms with Gasteiger partial charge in [0.15, 0.2) is 5.17 Å². The van der Waals surface area contributed by atoms with Crippen molar-refractivity contribution in [2.24, 2.45) is 4.99 Å². The molecule has 1 saturated heterocycles. The summed E-state index contributed by atoms with van der Waals surface area (Å²) in [5.74, 6) is 1.15. The number of hydrogen-bond donors (Lipinski definition) is 1. The standard InChI is InChI=1S/C10H20N2OS2/c1-4-9-5-6-14-10(12-9)11-7-8(2)15(3)13/h8-9H,4-7H2,1-3H3,(H,11,12). The Labute approximate surface area is 99.0 Å². The Morgan fingerprint density at radius 1 is 1.73 bits per heavy atom. The molecule has 0 bridgehead atoms. The van der Waals surface area contributed by atoms with Gasteiger partial charge in [0.1, 0.15) is 0 Å². The molecule has 1 aliphatic heterocycles. The van der Waals surface area contributed by atoms with Crippen LogP contribution in [-0.4, -0.2) is 39.2 Å². The predicted molar refractivity (Wildman–Crippen MR) is 70.1 cm³/mol. The van der Waals surface area contributed by atoms with E-state index in [1.165, 1.54) is 6.42 Å². The van der Waals surface area contributed by atoms with Crippen molar-refractivity contribution >= 4 is 27.7 Å². The van der Waals surface area contributed by atoms with Crippen LogP contribution < -0.4 is 5.32 Å². The Balaban J connectivity index is 2.41. The smallest absolute Gasteiger partial charge is 0.156 e. The second-order valence-corrected chi connectivity index (χ2v) is 6.73. The SMILES string of the molecule is CCC1CCSC(=NCC(C)S(C)=O)N1. The fourth-order valence-corrected chi connectivity index (χ4v) is 2.60. The average molecular weight is 248 g/mol. The number of hydrogen-bond acceptors (Lipinski definition) is 3. The van der Waals surface area contributed by atoms with Crippen LogP contribution in [0.1, 0.15) is 26.7 Å². The molecule has 5 heteroatoms. The molecule has 0 aromatic carbocycles. The van der Waals surface area contributed by atoms with Gasteiger partial charge >= 0.3 is 0 Å². The monoisotopic (exact) mass is 248 g/mol. The van der Waals surface area contributed by atoms with Gasteiger partial charge in [0.2, 0.25) is 0 Å². The first-order valence-electron chi connectivity index (χ1n) is 5.39. The number of thioether (sulfide) groups is 1. The lowest BCUT2D eigenvalue weighted by molar-refractivity contribution is 0.570. The highest BCUT2D eigenvalue weighted by Crippen LogP contribution is 2.15. The maximum absolute atomic E-state index is 11.2. The fourth-order valence-electron chi connectivity index (χ4n) is 1.30. The van der Waals surface area contributed by atoms with E-state index in [2.05, 4.69) is 17.2 Å². The highest BCUT2D eigenvalue weighted by atomic mass is 32.2. The van der Waals surface area contributed by atoms with Crippen LogP contribution >= 0.6 is 11.8 Å². The zero-order valence-corrected chi connectivity index (χ0v) is 11.3. The molecule has 0 amide bonds. The summed E-state index contributed by atoms with van der Waals surface area (Å²) in [6.45, 7) is 4.83. The third-order valence-corrected chi connectivity index (χ3v) is 4.83. The molecule has 1 aliphatic rings. The zero-order chi connectivity index (χ0) is 11.3. The van der Waals surface area contributed by atoms with Gasteiger partial charge in [-0.3, -0.25) is 9.20 Å². The number of amidine groups is 1. The predicted octanol–water partition coefficient (Wildman–Crippen LogP) is 1.61. The lowest BCUT2D eigenvalue weighted by Crippen LogP contribution is -2.37. The van der Waals surface area contributed by atoms with E-state index in [0.717, 1.165) is 17.3 Å². The third-order valence-electron chi connectivity index (χ3n) is 2.58. The van der Waals surface area contributed by atoms with Crippen molar-refractivity contribution in [2.75, 3.05) is 18.6 Å². The molecule has 0 saturated carbocycles. The van der Waals surface area contributed by atoms with Crippen molar-refractivity contribution in [3.63, 3.8) is 0 Å². The molecule has 15 heavy (non-hydrogen) atoms. The Bertz CT molecular complexity index is 256. The van der Waals surface area contributed by atoms with E-state index >= 15 is 0 Å². The normalized spacial score (nSPS) is 28.5. The summed E-state index contributed by atoms with van der Waals surface area (Å²) in [5.41, 5.74) is 0. The quantitative estimate of drug-likeness (QED) is 0.822. The van der Waals surface area contributed by atoms with Crippen LogP contribution in [0, 0.1) is 0 Å². The molecule has 1 N–H and O–H groups in total. The van der Waals surface area contributed by atoms with E-state index in [9.17, 15) is 4.21 Å². The van der Waals surface area contributed by atoms with Gasteiger partial charge in [0.25, 0.3) is 0 Å². The Morgan fingerprint density at radius 2 is 2.47 bits per heavy atom. The molecule has 0 spiro atoms. The minimum Gasteiger partial charge on any atom is -0.362 e. The first-order chi connectivity index (χ1) is 7.13. The van der Waals surface area contributed by atoms with Crippen LogP contribution in [0.5, 0.6) is 0 Å². The van der Waals surface area contributed by atoms with Crippen LogP contribution in [0.2, 0.25) is 0 Å². The fraction of sp³-hybridized carbons (Fsp3) is 0.900. The maximum atomic E-state index is 11.2. The Kier molecular flexibility index (Phi) is 5.68. The summed E-state index contributed by atoms with van der Waals surface area (Å²) in [4.78, 5) is 4.48. The molecular formula is C10H20N2OS2. The maximum Gasteiger partial charge on any atom is 0.156 e. The summed E-state index contributed by atoms with van der Waals surface area (Å²) in [6.07, 6.45) is 4.10. The van der Waals surface area contributed by atoms with Gasteiger partial charge in [-0.05, 0) is 19.8 Å². The first kappa shape index (κ1) is 13.0. The van der Waals surface area contributed by atoms with Crippen molar-refractivity contribution in [1.82, 2.24) is 5.32 Å². The molecular weight excluding hydrogens is 228 g/mol. The number of nitrogens with zero attached hydrogens (tertiary/aromatic N) is 1. The number of nitrogens with one attached hydrogen (secondary N) is 1. The van der Waals surface area contributed by atoms with Gasteiger partial charge in [0, 0.05) is 28.9 Å². The van der Waals surface area contributed by atoms with Crippen LogP contribution in [0.15, 0.2) is 4.99 Å². The second-order valence-electron chi connectivity index (χ2n) is 3.84. The molecule has 1 heterocycles. The number of rotatable bonds is 4. The highest BCUT2D eigenvalue weighted by molar-refractivity contribution is 8.13. The van der Waals surface area contributed by atoms with E-state index in [4.69, 9.17) is 0 Å². The van der Waals surface area contributed by atoms with E-state index < -0.39 is 10.8 Å². The van der Waals surface area contributed by atoms with Crippen molar-refractivity contribution in [1.29, 1.82) is 0 Å². The van der Waals surface area contributed by atoms with Crippen molar-refractivity contribution in [3.05, 3.63) is 0 Å². The summed E-state index contributed by atoms with van der Waals surface area (Å²) >= 11 is 1.78. The molecule has 3 unspecified atom stereocenters. The lowest BCUT2D eigenvalue weighted by atomic mass is 10.2. The van der Waals surface area contributed by atoms with Gasteiger partial charge in [-0.15, -0.1) is 0 Å². The van der Waals surface area contributed by atoms with E-state index in [1.807, 2.05) is 6.92 Å². The molecule has 0 aromatic rings. The molecule has 1 rings (SSSR count). The largest absolute Gasteiger partial charge is 0.362 e. The second kappa shape index (κ2) is 6.53. The Morgan fingerprint density at radius 3 is 3.07 bits per heavy atom. The van der Waals surface area contributed by atoms with Crippen molar-refractivity contribution in [3.8, 4) is 0 Å². The third kappa shape index (κ3) is 4.55. The topological polar surface area (TPSA) is 41.5 Å². The molecule has 0 aromatic heterocycles. The molecule has 0 radical (unpaired) electrons. The lowest BCUT2D eigenvalue weighted by Gasteiger charge is -2.24. The molecule has 3 atom stereocenters. The van der Waals surface area contributed by atoms with Crippen LogP contribution in [0.4, 0.5) is 0 Å². The van der Waals surface area contributed by atoms with Crippen LogP contribution in [-0.2, 0) is 10.8 Å². The van der Waals surface area contributed by atoms with Crippen LogP contribution in [0.25, 0.3) is 0 Å². The van der Waals surface area contributed by atoms with Gasteiger partial charge in [-0.25, -0.2) is 0 Å². The first-order valence-corrected chi connectivity index (χ1v) is 8.00. The van der Waals surface area contributed by atoms with Gasteiger partial charge in [-0.1, -0.05) is 18.7 Å². The summed E-state index contributed by atoms with van der Waals surface area (Å²) in [7, 11) is -0.769. The van der Waals surface area contributed by atoms with Gasteiger partial charge < -0.3 is 5.32 Å². The Hall–Kier alpha value is -0.0300. The van der Waals surface area contributed by atoms with Crippen molar-refractivity contribution < 1.29 is 4.21 Å². The average Bonchev–Trinajstić information content (AvgIpc) is 2.26. The van der Waals surface area contributed by atoms with Crippen LogP contribution in [0.3, 0.4) is 0 Å². The number of aliphatic imine (C=N–C) groups is 1. The summed E-state index contributed by atoms with van der Waals surface area (Å²) in [5, 5.41) is 4.60. The molecule has 88 valence electrons. The van der Waals surface area contributed by atoms with E-state index in [1.54, 1.807) is 18.0 Å². The van der Waals surface area contributed by atoms with Gasteiger partial charge in [-0.2, -0.15) is 0 Å². The molecule has 0 aliphatic carbocycles. The van der Waals surface area contributed by atoms with E-state index in [0.29, 0.717) is 12.6 Å². The minimum absolute atomic E-state index is 0.155. The summed E-state index contributed by atoms with van der Waals surface area (Å²) in [6, 6.07) is 0.576. The van der Waals surface area contributed by atoms with E-state index in [-0.39, 0.29) is 5.25 Å². The van der Waals surface area contributed by atoms with Gasteiger partial charge in [0.05, 0.1) is 11.8 Å². The minimum atomic E-state index is -0.769. The molecule has 1 fully saturated rings. The van der Waals surface area contributed by atoms with Crippen molar-refractivity contribution in [2.45, 2.75) is 38.0 Å². The molecule has 3 nitrogen and oxygen atoms in total. The highest BCUT2D eigenvalue weighted by Gasteiger charge is 2.15.